The molecule has 0 heterocycles. The summed E-state index contributed by atoms with van der Waals surface area (Å²) in [6, 6.07) is 14.4. The molecule has 0 amide bonds. The van der Waals surface area contributed by atoms with Crippen molar-refractivity contribution in [2.45, 2.75) is 11.4 Å². The molecule has 0 aliphatic carbocycles. The molecule has 5 nitrogen and oxygen atoms in total. The van der Waals surface area contributed by atoms with Gasteiger partial charge in [-0.05, 0) is 42.0 Å². The van der Waals surface area contributed by atoms with E-state index in [2.05, 4.69) is 5.32 Å². The minimum atomic E-state index is -3.38. The Morgan fingerprint density at radius 1 is 0.952 bits per heavy atom. The number of nitrogens with two attached hydrogens (primary N) is 1. The zero-order valence-electron chi connectivity index (χ0n) is 12.1. The summed E-state index contributed by atoms with van der Waals surface area (Å²) >= 11 is 0. The highest BCUT2D eigenvalue weighted by molar-refractivity contribution is 7.89. The summed E-state index contributed by atoms with van der Waals surface area (Å²) in [5, 5.41) is 3.21. The number of anilines is 2. The van der Waals surface area contributed by atoms with E-state index in [1.54, 1.807) is 24.3 Å². The van der Waals surface area contributed by atoms with Crippen molar-refractivity contribution in [2.75, 3.05) is 19.4 Å². The molecule has 0 radical (unpaired) electrons. The third-order valence-corrected chi connectivity index (χ3v) is 4.94. The van der Waals surface area contributed by atoms with E-state index in [4.69, 9.17) is 5.73 Å². The number of hydrogen-bond acceptors (Lipinski definition) is 4. The van der Waals surface area contributed by atoms with E-state index in [-0.39, 0.29) is 4.90 Å². The Balaban J connectivity index is 2.15. The maximum atomic E-state index is 12.0. The van der Waals surface area contributed by atoms with Gasteiger partial charge in [-0.25, -0.2) is 12.7 Å². The van der Waals surface area contributed by atoms with Crippen molar-refractivity contribution in [2.24, 2.45) is 5.73 Å². The number of benzene rings is 2. The second kappa shape index (κ2) is 6.26. The van der Waals surface area contributed by atoms with Crippen molar-refractivity contribution >= 4 is 21.4 Å². The Labute approximate surface area is 125 Å². The highest BCUT2D eigenvalue weighted by Gasteiger charge is 2.16. The fourth-order valence-corrected chi connectivity index (χ4v) is 2.71. The minimum absolute atomic E-state index is 0.275. The van der Waals surface area contributed by atoms with Gasteiger partial charge >= 0.3 is 0 Å². The molecule has 0 aliphatic rings. The fourth-order valence-electron chi connectivity index (χ4n) is 1.81. The summed E-state index contributed by atoms with van der Waals surface area (Å²) in [7, 11) is -0.355. The van der Waals surface area contributed by atoms with Crippen molar-refractivity contribution in [1.29, 1.82) is 0 Å². The van der Waals surface area contributed by atoms with Crippen LogP contribution in [0, 0.1) is 0 Å². The Hall–Kier alpha value is -1.89. The van der Waals surface area contributed by atoms with Crippen LogP contribution in [0.1, 0.15) is 5.56 Å². The first kappa shape index (κ1) is 15.5. The summed E-state index contributed by atoms with van der Waals surface area (Å²) in [5.41, 5.74) is 8.37. The molecule has 112 valence electrons. The van der Waals surface area contributed by atoms with E-state index in [1.165, 1.54) is 18.4 Å². The molecule has 2 rings (SSSR count). The van der Waals surface area contributed by atoms with Gasteiger partial charge in [0.05, 0.1) is 4.90 Å². The van der Waals surface area contributed by atoms with Crippen LogP contribution in [0.3, 0.4) is 0 Å². The first-order valence-electron chi connectivity index (χ1n) is 6.52. The molecule has 0 bridgehead atoms. The SMILES string of the molecule is CN(C)S(=O)(=O)c1ccc(Nc2ccc(CN)cc2)cc1. The van der Waals surface area contributed by atoms with Crippen molar-refractivity contribution in [3.8, 4) is 0 Å². The highest BCUT2D eigenvalue weighted by Crippen LogP contribution is 2.20. The minimum Gasteiger partial charge on any atom is -0.356 e. The van der Waals surface area contributed by atoms with E-state index in [0.717, 1.165) is 16.9 Å². The number of sulfonamides is 1. The Morgan fingerprint density at radius 2 is 1.43 bits per heavy atom. The lowest BCUT2D eigenvalue weighted by Gasteiger charge is -2.12. The molecule has 0 spiro atoms. The van der Waals surface area contributed by atoms with Crippen LogP contribution in [0.4, 0.5) is 11.4 Å². The van der Waals surface area contributed by atoms with E-state index >= 15 is 0 Å². The summed E-state index contributed by atoms with van der Waals surface area (Å²) in [6.07, 6.45) is 0. The van der Waals surface area contributed by atoms with E-state index < -0.39 is 10.0 Å². The molecule has 0 atom stereocenters. The van der Waals surface area contributed by atoms with Gasteiger partial charge in [0.2, 0.25) is 10.0 Å². The molecule has 0 saturated carbocycles. The number of rotatable bonds is 5. The summed E-state index contributed by atoms with van der Waals surface area (Å²) in [4.78, 5) is 0.275. The number of nitrogens with one attached hydrogen (secondary N) is 1. The maximum Gasteiger partial charge on any atom is 0.242 e. The third-order valence-electron chi connectivity index (χ3n) is 3.11. The summed E-state index contributed by atoms with van der Waals surface area (Å²) < 4.78 is 25.1. The third kappa shape index (κ3) is 3.60. The zero-order chi connectivity index (χ0) is 15.5. The lowest BCUT2D eigenvalue weighted by molar-refractivity contribution is 0.521. The second-order valence-electron chi connectivity index (χ2n) is 4.84. The van der Waals surface area contributed by atoms with Crippen LogP contribution in [-0.4, -0.2) is 26.8 Å². The molecule has 0 fully saturated rings. The van der Waals surface area contributed by atoms with Gasteiger partial charge in [-0.1, -0.05) is 12.1 Å². The van der Waals surface area contributed by atoms with Crippen LogP contribution < -0.4 is 11.1 Å². The molecule has 0 saturated heterocycles. The molecule has 0 unspecified atom stereocenters. The topological polar surface area (TPSA) is 75.4 Å². The van der Waals surface area contributed by atoms with Crippen LogP contribution >= 0.6 is 0 Å². The van der Waals surface area contributed by atoms with Gasteiger partial charge < -0.3 is 11.1 Å². The monoisotopic (exact) mass is 305 g/mol. The Kier molecular flexibility index (Phi) is 4.62. The molecule has 3 N–H and O–H groups in total. The Bertz CT molecular complexity index is 693. The van der Waals surface area contributed by atoms with Crippen LogP contribution in [0.25, 0.3) is 0 Å². The molecule has 21 heavy (non-hydrogen) atoms. The van der Waals surface area contributed by atoms with Gasteiger partial charge in [-0.2, -0.15) is 0 Å². The van der Waals surface area contributed by atoms with Crippen LogP contribution in [0.15, 0.2) is 53.4 Å². The Morgan fingerprint density at radius 3 is 1.86 bits per heavy atom. The lowest BCUT2D eigenvalue weighted by atomic mass is 10.2. The van der Waals surface area contributed by atoms with Crippen molar-refractivity contribution in [3.63, 3.8) is 0 Å². The molecular formula is C15H19N3O2S. The summed E-state index contributed by atoms with van der Waals surface area (Å²) in [5.74, 6) is 0. The molecule has 2 aromatic rings. The number of nitrogens with zero attached hydrogens (tertiary/aromatic N) is 1. The van der Waals surface area contributed by atoms with Crippen LogP contribution in [0.2, 0.25) is 0 Å². The van der Waals surface area contributed by atoms with Gasteiger partial charge in [0.15, 0.2) is 0 Å². The van der Waals surface area contributed by atoms with Crippen molar-refractivity contribution in [1.82, 2.24) is 4.31 Å². The molecule has 0 aliphatic heterocycles. The normalized spacial score (nSPS) is 11.6. The molecular weight excluding hydrogens is 286 g/mol. The first-order valence-corrected chi connectivity index (χ1v) is 7.96. The largest absolute Gasteiger partial charge is 0.356 e. The molecule has 6 heteroatoms. The first-order chi connectivity index (χ1) is 9.93. The molecule has 0 aromatic heterocycles. The highest BCUT2D eigenvalue weighted by atomic mass is 32.2. The van der Waals surface area contributed by atoms with Gasteiger partial charge in [-0.15, -0.1) is 0 Å². The summed E-state index contributed by atoms with van der Waals surface area (Å²) in [6.45, 7) is 0.511. The standard InChI is InChI=1S/C15H19N3O2S/c1-18(2)21(19,20)15-9-7-14(8-10-15)17-13-5-3-12(11-16)4-6-13/h3-10,17H,11,16H2,1-2H3. The second-order valence-corrected chi connectivity index (χ2v) is 6.99. The van der Waals surface area contributed by atoms with E-state index in [1.807, 2.05) is 24.3 Å². The average Bonchev–Trinajstić information content (AvgIpc) is 2.48. The molecule has 2 aromatic carbocycles. The van der Waals surface area contributed by atoms with E-state index in [0.29, 0.717) is 6.54 Å². The van der Waals surface area contributed by atoms with Crippen molar-refractivity contribution < 1.29 is 8.42 Å². The van der Waals surface area contributed by atoms with Crippen LogP contribution in [-0.2, 0) is 16.6 Å². The van der Waals surface area contributed by atoms with Gasteiger partial charge in [-0.3, -0.25) is 0 Å². The quantitative estimate of drug-likeness (QED) is 0.887. The van der Waals surface area contributed by atoms with E-state index in [9.17, 15) is 8.42 Å². The zero-order valence-corrected chi connectivity index (χ0v) is 12.9. The lowest BCUT2D eigenvalue weighted by Crippen LogP contribution is -2.22. The average molecular weight is 305 g/mol. The smallest absolute Gasteiger partial charge is 0.242 e. The van der Waals surface area contributed by atoms with Gasteiger partial charge in [0.1, 0.15) is 0 Å². The van der Waals surface area contributed by atoms with Crippen molar-refractivity contribution in [3.05, 3.63) is 54.1 Å². The van der Waals surface area contributed by atoms with Gasteiger partial charge in [0, 0.05) is 32.0 Å². The maximum absolute atomic E-state index is 12.0. The predicted molar refractivity (Wildman–Crippen MR) is 84.9 cm³/mol. The number of hydrogen-bond donors (Lipinski definition) is 2. The van der Waals surface area contributed by atoms with Gasteiger partial charge in [0.25, 0.3) is 0 Å². The fraction of sp³-hybridized carbons (Fsp3) is 0.200. The predicted octanol–water partition coefficient (Wildman–Crippen LogP) is 2.14. The van der Waals surface area contributed by atoms with Crippen LogP contribution in [0.5, 0.6) is 0 Å².